The van der Waals surface area contributed by atoms with Crippen molar-refractivity contribution in [3.8, 4) is 0 Å². The Hall–Kier alpha value is -1.79. The van der Waals surface area contributed by atoms with Crippen LogP contribution in [0.3, 0.4) is 0 Å². The predicted octanol–water partition coefficient (Wildman–Crippen LogP) is 2.08. The Morgan fingerprint density at radius 2 is 2.30 bits per heavy atom. The molecule has 1 aliphatic heterocycles. The van der Waals surface area contributed by atoms with E-state index in [1.54, 1.807) is 39.0 Å². The third-order valence-electron chi connectivity index (χ3n) is 3.43. The first-order valence-corrected chi connectivity index (χ1v) is 7.58. The van der Waals surface area contributed by atoms with Gasteiger partial charge in [-0.25, -0.2) is 4.79 Å². The summed E-state index contributed by atoms with van der Waals surface area (Å²) in [6, 6.07) is 5.15. The minimum absolute atomic E-state index is 0.0154. The molecule has 0 saturated carbocycles. The lowest BCUT2D eigenvalue weighted by molar-refractivity contribution is -0.0100. The molecule has 6 nitrogen and oxygen atoms in total. The number of esters is 1. The number of ether oxygens (including phenoxy) is 3. The average Bonchev–Trinajstić information content (AvgIpc) is 2.50. The summed E-state index contributed by atoms with van der Waals surface area (Å²) in [6.45, 7) is 6.93. The largest absolute Gasteiger partial charge is 0.456 e. The molecular weight excluding hydrogens is 296 g/mol. The van der Waals surface area contributed by atoms with E-state index in [1.807, 2.05) is 4.90 Å². The summed E-state index contributed by atoms with van der Waals surface area (Å²) in [5, 5.41) is 0. The Kier molecular flexibility index (Phi) is 4.26. The number of methoxy groups -OCH3 is 1. The van der Waals surface area contributed by atoms with Gasteiger partial charge in [0, 0.05) is 31.5 Å². The summed E-state index contributed by atoms with van der Waals surface area (Å²) < 4.78 is 37.0. The molecule has 0 bridgehead atoms. The molecule has 6 heteroatoms. The molecule has 2 rings (SSSR count). The number of carbonyl (C=O) groups excluding carboxylic acids is 1. The molecule has 1 aliphatic rings. The molecule has 1 saturated heterocycles. The zero-order chi connectivity index (χ0) is 19.5. The van der Waals surface area contributed by atoms with Gasteiger partial charge in [-0.3, -0.25) is 0 Å². The molecule has 1 aromatic rings. The third kappa shape index (κ3) is 4.84. The maximum atomic E-state index is 12.2. The molecule has 0 aliphatic carbocycles. The second-order valence-electron chi connectivity index (χ2n) is 6.52. The fraction of sp³-hybridized carbons (Fsp3) is 0.588. The molecule has 1 heterocycles. The fourth-order valence-corrected chi connectivity index (χ4v) is 2.41. The SMILES string of the molecule is [2H]C([2H])([2H])OC[C@H]1CN(c2ccc(C(=O)OC(C)(C)C)c(N)c2)CCO1. The summed E-state index contributed by atoms with van der Waals surface area (Å²) >= 11 is 0. The molecule has 0 radical (unpaired) electrons. The fourth-order valence-electron chi connectivity index (χ4n) is 2.41. The van der Waals surface area contributed by atoms with Crippen LogP contribution in [0.1, 0.15) is 35.2 Å². The monoisotopic (exact) mass is 325 g/mol. The Morgan fingerprint density at radius 3 is 2.96 bits per heavy atom. The third-order valence-corrected chi connectivity index (χ3v) is 3.43. The maximum Gasteiger partial charge on any atom is 0.340 e. The topological polar surface area (TPSA) is 74.0 Å². The summed E-state index contributed by atoms with van der Waals surface area (Å²) in [4.78, 5) is 14.2. The van der Waals surface area contributed by atoms with Crippen LogP contribution in [0.5, 0.6) is 0 Å². The number of carbonyl (C=O) groups is 1. The van der Waals surface area contributed by atoms with Crippen molar-refractivity contribution in [2.24, 2.45) is 0 Å². The van der Waals surface area contributed by atoms with Gasteiger partial charge in [0.25, 0.3) is 0 Å². The highest BCUT2D eigenvalue weighted by Gasteiger charge is 2.23. The van der Waals surface area contributed by atoms with E-state index in [9.17, 15) is 4.79 Å². The van der Waals surface area contributed by atoms with Gasteiger partial charge in [0.05, 0.1) is 29.0 Å². The first-order valence-electron chi connectivity index (χ1n) is 9.08. The molecule has 2 N–H and O–H groups in total. The zero-order valence-corrected chi connectivity index (χ0v) is 13.8. The maximum absolute atomic E-state index is 12.2. The van der Waals surface area contributed by atoms with Crippen LogP contribution >= 0.6 is 0 Å². The number of nitrogens with two attached hydrogens (primary N) is 1. The van der Waals surface area contributed by atoms with Gasteiger partial charge in [-0.15, -0.1) is 0 Å². The van der Waals surface area contributed by atoms with Crippen LogP contribution in [0.25, 0.3) is 0 Å². The molecular formula is C17H26N2O4. The lowest BCUT2D eigenvalue weighted by Gasteiger charge is -2.34. The second-order valence-corrected chi connectivity index (χ2v) is 6.52. The van der Waals surface area contributed by atoms with Crippen molar-refractivity contribution in [3.63, 3.8) is 0 Å². The Labute approximate surface area is 141 Å². The summed E-state index contributed by atoms with van der Waals surface area (Å²) in [5.41, 5.74) is 6.93. The van der Waals surface area contributed by atoms with Crippen LogP contribution in [-0.4, -0.2) is 51.0 Å². The summed E-state index contributed by atoms with van der Waals surface area (Å²) in [7, 11) is -2.44. The van der Waals surface area contributed by atoms with Crippen molar-refractivity contribution in [2.45, 2.75) is 32.5 Å². The molecule has 23 heavy (non-hydrogen) atoms. The van der Waals surface area contributed by atoms with Gasteiger partial charge in [0.2, 0.25) is 0 Å². The number of morpholine rings is 1. The molecule has 0 unspecified atom stereocenters. The Bertz CT molecular complexity index is 644. The normalized spacial score (nSPS) is 21.3. The minimum atomic E-state index is -2.44. The van der Waals surface area contributed by atoms with Gasteiger partial charge in [-0.05, 0) is 39.0 Å². The van der Waals surface area contributed by atoms with Crippen molar-refractivity contribution in [3.05, 3.63) is 23.8 Å². The van der Waals surface area contributed by atoms with E-state index in [4.69, 9.17) is 24.1 Å². The second kappa shape index (κ2) is 7.19. The number of benzene rings is 1. The zero-order valence-electron chi connectivity index (χ0n) is 16.8. The highest BCUT2D eigenvalue weighted by molar-refractivity contribution is 5.96. The van der Waals surface area contributed by atoms with Gasteiger partial charge >= 0.3 is 5.97 Å². The van der Waals surface area contributed by atoms with Gasteiger partial charge in [0.15, 0.2) is 0 Å². The lowest BCUT2D eigenvalue weighted by Crippen LogP contribution is -2.44. The van der Waals surface area contributed by atoms with Crippen LogP contribution in [0.15, 0.2) is 18.2 Å². The molecule has 0 amide bonds. The van der Waals surface area contributed by atoms with E-state index < -0.39 is 18.6 Å². The average molecular weight is 325 g/mol. The van der Waals surface area contributed by atoms with E-state index in [0.29, 0.717) is 30.9 Å². The first-order chi connectivity index (χ1) is 11.9. The van der Waals surface area contributed by atoms with Gasteiger partial charge in [0.1, 0.15) is 5.60 Å². The Morgan fingerprint density at radius 1 is 1.52 bits per heavy atom. The number of rotatable bonds is 4. The first kappa shape index (κ1) is 13.6. The molecule has 0 spiro atoms. The molecule has 128 valence electrons. The van der Waals surface area contributed by atoms with Crippen LogP contribution in [0, 0.1) is 0 Å². The van der Waals surface area contributed by atoms with Crippen LogP contribution in [0.2, 0.25) is 0 Å². The number of hydrogen-bond acceptors (Lipinski definition) is 6. The summed E-state index contributed by atoms with van der Waals surface area (Å²) in [6.07, 6.45) is -0.351. The number of hydrogen-bond donors (Lipinski definition) is 1. The van der Waals surface area contributed by atoms with Crippen LogP contribution in [0.4, 0.5) is 11.4 Å². The van der Waals surface area contributed by atoms with Crippen LogP contribution in [-0.2, 0) is 14.2 Å². The smallest absolute Gasteiger partial charge is 0.340 e. The molecule has 1 atom stereocenters. The van der Waals surface area contributed by atoms with E-state index in [-0.39, 0.29) is 12.7 Å². The molecule has 1 aromatic carbocycles. The number of anilines is 2. The standard InChI is InChI=1S/C17H26N2O4/c1-17(2,3)23-16(20)14-6-5-12(9-15(14)18)19-7-8-22-13(10-19)11-21-4/h5-6,9,13H,7-8,10-11,18H2,1-4H3/t13-/m1/s1/i4D3. The van der Waals surface area contributed by atoms with E-state index in [1.165, 1.54) is 0 Å². The van der Waals surface area contributed by atoms with Crippen molar-refractivity contribution < 1.29 is 23.1 Å². The molecule has 0 aromatic heterocycles. The quantitative estimate of drug-likeness (QED) is 0.675. The molecule has 1 fully saturated rings. The van der Waals surface area contributed by atoms with E-state index in [0.717, 1.165) is 5.69 Å². The van der Waals surface area contributed by atoms with Crippen molar-refractivity contribution in [2.75, 3.05) is 44.0 Å². The predicted molar refractivity (Wildman–Crippen MR) is 89.9 cm³/mol. The lowest BCUT2D eigenvalue weighted by atomic mass is 10.1. The van der Waals surface area contributed by atoms with E-state index >= 15 is 0 Å². The van der Waals surface area contributed by atoms with Gasteiger partial charge in [-0.1, -0.05) is 0 Å². The van der Waals surface area contributed by atoms with Crippen molar-refractivity contribution in [1.82, 2.24) is 0 Å². The van der Waals surface area contributed by atoms with Crippen LogP contribution < -0.4 is 10.6 Å². The highest BCUT2D eigenvalue weighted by atomic mass is 16.6. The van der Waals surface area contributed by atoms with Gasteiger partial charge < -0.3 is 24.8 Å². The van der Waals surface area contributed by atoms with Crippen molar-refractivity contribution in [1.29, 1.82) is 0 Å². The number of nitrogen functional groups attached to an aromatic ring is 1. The van der Waals surface area contributed by atoms with Gasteiger partial charge in [-0.2, -0.15) is 0 Å². The van der Waals surface area contributed by atoms with Crippen molar-refractivity contribution >= 4 is 17.3 Å². The Balaban J connectivity index is 2.04. The number of nitrogens with zero attached hydrogens (tertiary/aromatic N) is 1. The van der Waals surface area contributed by atoms with E-state index in [2.05, 4.69) is 0 Å². The minimum Gasteiger partial charge on any atom is -0.456 e. The summed E-state index contributed by atoms with van der Waals surface area (Å²) in [5.74, 6) is -0.465. The highest BCUT2D eigenvalue weighted by Crippen LogP contribution is 2.25.